The molecule has 0 saturated carbocycles. The zero-order valence-electron chi connectivity index (χ0n) is 8.70. The first-order valence-electron chi connectivity index (χ1n) is 4.54. The number of nitrogens with one attached hydrogen (secondary N) is 1. The van der Waals surface area contributed by atoms with Crippen molar-refractivity contribution in [2.45, 2.75) is 13.0 Å². The lowest BCUT2D eigenvalue weighted by molar-refractivity contribution is -0.138. The first-order chi connectivity index (χ1) is 7.82. The number of phenolic OH excluding ortho intramolecular Hbond substituents is 1. The van der Waals surface area contributed by atoms with E-state index < -0.39 is 23.7 Å². The lowest BCUT2D eigenvalue weighted by atomic mass is 10.1. The van der Waals surface area contributed by atoms with Crippen LogP contribution in [0, 0.1) is 0 Å². The highest BCUT2D eigenvalue weighted by atomic mass is 35.5. The minimum atomic E-state index is -1.19. The highest BCUT2D eigenvalue weighted by Gasteiger charge is 2.19. The third-order valence-electron chi connectivity index (χ3n) is 1.99. The minimum absolute atomic E-state index is 0.0781. The molecule has 7 heteroatoms. The standard InChI is InChI=1S/C10H9Cl2NO4/c1-4(10(16)17)13-9(15)6-2-5(11)3-7(12)8(6)14/h2-4,14H,1H3,(H,13,15)(H,16,17). The van der Waals surface area contributed by atoms with Gasteiger partial charge in [-0.15, -0.1) is 0 Å². The Bertz CT molecular complexity index is 476. The molecule has 3 N–H and O–H groups in total. The third-order valence-corrected chi connectivity index (χ3v) is 2.50. The molecule has 1 rings (SSSR count). The molecule has 0 aliphatic heterocycles. The number of benzene rings is 1. The Morgan fingerprint density at radius 2 is 1.94 bits per heavy atom. The van der Waals surface area contributed by atoms with E-state index in [0.717, 1.165) is 0 Å². The zero-order valence-corrected chi connectivity index (χ0v) is 10.2. The van der Waals surface area contributed by atoms with Gasteiger partial charge >= 0.3 is 5.97 Å². The molecule has 0 radical (unpaired) electrons. The summed E-state index contributed by atoms with van der Waals surface area (Å²) >= 11 is 11.3. The van der Waals surface area contributed by atoms with E-state index in [-0.39, 0.29) is 15.6 Å². The zero-order chi connectivity index (χ0) is 13.2. The molecular formula is C10H9Cl2NO4. The van der Waals surface area contributed by atoms with Gasteiger partial charge in [-0.05, 0) is 19.1 Å². The summed E-state index contributed by atoms with van der Waals surface area (Å²) in [6.07, 6.45) is 0. The molecule has 1 unspecified atom stereocenters. The number of carboxylic acid groups (broad SMARTS) is 1. The number of phenols is 1. The summed E-state index contributed by atoms with van der Waals surface area (Å²) in [5.74, 6) is -2.39. The second-order valence-electron chi connectivity index (χ2n) is 3.32. The quantitative estimate of drug-likeness (QED) is 0.788. The van der Waals surface area contributed by atoms with Gasteiger partial charge in [-0.2, -0.15) is 0 Å². The summed E-state index contributed by atoms with van der Waals surface area (Å²) in [4.78, 5) is 22.2. The maximum atomic E-state index is 11.6. The van der Waals surface area contributed by atoms with Gasteiger partial charge in [0.1, 0.15) is 11.8 Å². The Labute approximate surface area is 107 Å². The van der Waals surface area contributed by atoms with Gasteiger partial charge in [0.25, 0.3) is 5.91 Å². The normalized spacial score (nSPS) is 11.9. The molecule has 0 heterocycles. The van der Waals surface area contributed by atoms with E-state index in [9.17, 15) is 14.7 Å². The van der Waals surface area contributed by atoms with Crippen molar-refractivity contribution in [3.63, 3.8) is 0 Å². The molecule has 92 valence electrons. The van der Waals surface area contributed by atoms with E-state index in [1.54, 1.807) is 0 Å². The molecule has 0 saturated heterocycles. The number of hydrogen-bond acceptors (Lipinski definition) is 3. The van der Waals surface area contributed by atoms with Crippen molar-refractivity contribution >= 4 is 35.1 Å². The Morgan fingerprint density at radius 3 is 2.47 bits per heavy atom. The van der Waals surface area contributed by atoms with E-state index in [0.29, 0.717) is 0 Å². The first kappa shape index (κ1) is 13.6. The van der Waals surface area contributed by atoms with Gasteiger partial charge in [0.15, 0.2) is 0 Å². The van der Waals surface area contributed by atoms with Crippen molar-refractivity contribution in [1.82, 2.24) is 5.32 Å². The number of hydrogen-bond donors (Lipinski definition) is 3. The smallest absolute Gasteiger partial charge is 0.325 e. The van der Waals surface area contributed by atoms with Crippen LogP contribution in [-0.2, 0) is 4.79 Å². The van der Waals surface area contributed by atoms with Crippen molar-refractivity contribution in [2.24, 2.45) is 0 Å². The molecule has 0 aromatic heterocycles. The third kappa shape index (κ3) is 3.25. The summed E-state index contributed by atoms with van der Waals surface area (Å²) in [5, 5.41) is 20.4. The Kier molecular flexibility index (Phi) is 4.20. The van der Waals surface area contributed by atoms with Gasteiger partial charge in [0, 0.05) is 5.02 Å². The summed E-state index contributed by atoms with van der Waals surface area (Å²) in [7, 11) is 0. The van der Waals surface area contributed by atoms with Crippen molar-refractivity contribution < 1.29 is 19.8 Å². The lowest BCUT2D eigenvalue weighted by Crippen LogP contribution is -2.38. The molecule has 0 fully saturated rings. The van der Waals surface area contributed by atoms with Crippen LogP contribution < -0.4 is 5.32 Å². The monoisotopic (exact) mass is 277 g/mol. The number of carbonyl (C=O) groups is 2. The van der Waals surface area contributed by atoms with E-state index in [2.05, 4.69) is 5.32 Å². The molecule has 0 spiro atoms. The van der Waals surface area contributed by atoms with Crippen LogP contribution in [0.1, 0.15) is 17.3 Å². The molecule has 1 aromatic carbocycles. The molecule has 0 aliphatic rings. The second kappa shape index (κ2) is 5.25. The molecule has 17 heavy (non-hydrogen) atoms. The van der Waals surface area contributed by atoms with Gasteiger partial charge in [-0.25, -0.2) is 0 Å². The van der Waals surface area contributed by atoms with E-state index in [1.165, 1.54) is 19.1 Å². The van der Waals surface area contributed by atoms with Crippen molar-refractivity contribution in [3.8, 4) is 5.75 Å². The molecule has 0 aliphatic carbocycles. The van der Waals surface area contributed by atoms with Crippen LogP contribution in [0.5, 0.6) is 5.75 Å². The Balaban J connectivity index is 3.01. The van der Waals surface area contributed by atoms with Crippen LogP contribution in [0.3, 0.4) is 0 Å². The highest BCUT2D eigenvalue weighted by molar-refractivity contribution is 6.36. The molecule has 1 aromatic rings. The first-order valence-corrected chi connectivity index (χ1v) is 5.30. The van der Waals surface area contributed by atoms with Crippen LogP contribution in [-0.4, -0.2) is 28.1 Å². The molecule has 1 amide bonds. The lowest BCUT2D eigenvalue weighted by Gasteiger charge is -2.11. The topological polar surface area (TPSA) is 86.6 Å². The second-order valence-corrected chi connectivity index (χ2v) is 4.16. The molecule has 5 nitrogen and oxygen atoms in total. The fourth-order valence-electron chi connectivity index (χ4n) is 1.08. The van der Waals surface area contributed by atoms with E-state index in [4.69, 9.17) is 28.3 Å². The minimum Gasteiger partial charge on any atom is -0.506 e. The average Bonchev–Trinajstić information content (AvgIpc) is 2.22. The number of carbonyl (C=O) groups excluding carboxylic acids is 1. The molecule has 1 atom stereocenters. The summed E-state index contributed by atoms with van der Waals surface area (Å²) < 4.78 is 0. The number of rotatable bonds is 3. The fraction of sp³-hybridized carbons (Fsp3) is 0.200. The predicted molar refractivity (Wildman–Crippen MR) is 62.7 cm³/mol. The van der Waals surface area contributed by atoms with Crippen LogP contribution in [0.15, 0.2) is 12.1 Å². The highest BCUT2D eigenvalue weighted by Crippen LogP contribution is 2.31. The van der Waals surface area contributed by atoms with Gasteiger partial charge in [-0.3, -0.25) is 9.59 Å². The van der Waals surface area contributed by atoms with Crippen molar-refractivity contribution in [3.05, 3.63) is 27.7 Å². The molecule has 0 bridgehead atoms. The maximum absolute atomic E-state index is 11.6. The largest absolute Gasteiger partial charge is 0.506 e. The SMILES string of the molecule is CC(NC(=O)c1cc(Cl)cc(Cl)c1O)C(=O)O. The van der Waals surface area contributed by atoms with E-state index in [1.807, 2.05) is 0 Å². The van der Waals surface area contributed by atoms with Crippen molar-refractivity contribution in [1.29, 1.82) is 0 Å². The van der Waals surface area contributed by atoms with E-state index >= 15 is 0 Å². The van der Waals surface area contributed by atoms with Crippen LogP contribution >= 0.6 is 23.2 Å². The summed E-state index contributed by atoms with van der Waals surface area (Å²) in [6.45, 7) is 1.30. The summed E-state index contributed by atoms with van der Waals surface area (Å²) in [6, 6.07) is 1.39. The van der Waals surface area contributed by atoms with Crippen LogP contribution in [0.2, 0.25) is 10.0 Å². The molecular weight excluding hydrogens is 269 g/mol. The Morgan fingerprint density at radius 1 is 1.35 bits per heavy atom. The Hall–Kier alpha value is -1.46. The summed E-state index contributed by atoms with van der Waals surface area (Å²) in [5.41, 5.74) is -0.171. The van der Waals surface area contributed by atoms with Crippen LogP contribution in [0.25, 0.3) is 0 Å². The number of aromatic hydroxyl groups is 1. The number of carboxylic acids is 1. The van der Waals surface area contributed by atoms with Crippen molar-refractivity contribution in [2.75, 3.05) is 0 Å². The van der Waals surface area contributed by atoms with Gasteiger partial charge in [0.05, 0.1) is 10.6 Å². The predicted octanol–water partition coefficient (Wildman–Crippen LogP) is 1.90. The van der Waals surface area contributed by atoms with Gasteiger partial charge < -0.3 is 15.5 Å². The number of aliphatic carboxylic acids is 1. The fourth-order valence-corrected chi connectivity index (χ4v) is 1.57. The average molecular weight is 278 g/mol. The van der Waals surface area contributed by atoms with Gasteiger partial charge in [-0.1, -0.05) is 23.2 Å². The van der Waals surface area contributed by atoms with Crippen LogP contribution in [0.4, 0.5) is 0 Å². The maximum Gasteiger partial charge on any atom is 0.325 e. The number of amides is 1. The number of halogens is 2. The van der Waals surface area contributed by atoms with Gasteiger partial charge in [0.2, 0.25) is 0 Å².